The van der Waals surface area contributed by atoms with Crippen LogP contribution >= 0.6 is 11.6 Å². The summed E-state index contributed by atoms with van der Waals surface area (Å²) >= 11 is 5.75. The quantitative estimate of drug-likeness (QED) is 0.794. The summed E-state index contributed by atoms with van der Waals surface area (Å²) < 4.78 is 4.91. The van der Waals surface area contributed by atoms with Crippen LogP contribution in [0.3, 0.4) is 0 Å². The molecule has 0 unspecified atom stereocenters. The largest absolute Gasteiger partial charge is 0.507 e. The highest BCUT2D eigenvalue weighted by Gasteiger charge is 2.18. The fraction of sp³-hybridized carbons (Fsp3) is 0.222. The number of aromatic hydroxyl groups is 1. The van der Waals surface area contributed by atoms with E-state index in [-0.39, 0.29) is 22.1 Å². The maximum Gasteiger partial charge on any atom is 0.339 e. The number of hydrogen-bond acceptors (Lipinski definition) is 3. The molecular formula is C9H9ClO4. The second-order valence-electron chi connectivity index (χ2n) is 2.72. The number of benzene rings is 1. The third kappa shape index (κ3) is 1.61. The fourth-order valence-corrected chi connectivity index (χ4v) is 1.49. The van der Waals surface area contributed by atoms with Gasteiger partial charge >= 0.3 is 5.97 Å². The first-order valence-corrected chi connectivity index (χ1v) is 4.16. The number of carboxylic acid groups (broad SMARTS) is 1. The van der Waals surface area contributed by atoms with E-state index in [1.807, 2.05) is 0 Å². The molecular weight excluding hydrogens is 208 g/mol. The molecule has 0 saturated carbocycles. The van der Waals surface area contributed by atoms with Gasteiger partial charge < -0.3 is 14.9 Å². The molecule has 0 aliphatic rings. The lowest BCUT2D eigenvalue weighted by Crippen LogP contribution is -2.00. The molecule has 0 aromatic heterocycles. The zero-order valence-corrected chi connectivity index (χ0v) is 8.42. The van der Waals surface area contributed by atoms with Gasteiger partial charge in [-0.25, -0.2) is 4.79 Å². The van der Waals surface area contributed by atoms with Crippen LogP contribution in [0.1, 0.15) is 15.9 Å². The first kappa shape index (κ1) is 10.7. The topological polar surface area (TPSA) is 66.8 Å². The highest BCUT2D eigenvalue weighted by molar-refractivity contribution is 6.32. The molecule has 1 aromatic rings. The maximum absolute atomic E-state index is 10.7. The van der Waals surface area contributed by atoms with Crippen LogP contribution in [0.2, 0.25) is 5.02 Å². The molecule has 76 valence electrons. The summed E-state index contributed by atoms with van der Waals surface area (Å²) in [5.41, 5.74) is 0.0886. The SMILES string of the molecule is COc1c(Cl)cc(C(=O)O)c(O)c1C. The Balaban J connectivity index is 3.47. The predicted molar refractivity (Wildman–Crippen MR) is 51.4 cm³/mol. The van der Waals surface area contributed by atoms with Gasteiger partial charge in [0.05, 0.1) is 12.1 Å². The molecule has 1 rings (SSSR count). The highest BCUT2D eigenvalue weighted by atomic mass is 35.5. The Labute approximate surface area is 85.7 Å². The average molecular weight is 217 g/mol. The highest BCUT2D eigenvalue weighted by Crippen LogP contribution is 2.36. The summed E-state index contributed by atoms with van der Waals surface area (Å²) in [6.45, 7) is 1.53. The summed E-state index contributed by atoms with van der Waals surface area (Å²) in [5.74, 6) is -1.26. The standard InChI is InChI=1S/C9H9ClO4/c1-4-7(11)5(9(12)13)3-6(10)8(4)14-2/h3,11H,1-2H3,(H,12,13). The molecule has 0 atom stereocenters. The van der Waals surface area contributed by atoms with Crippen LogP contribution in [0.15, 0.2) is 6.07 Å². The molecule has 0 heterocycles. The Morgan fingerprint density at radius 2 is 2.14 bits per heavy atom. The third-order valence-corrected chi connectivity index (χ3v) is 2.15. The molecule has 2 N–H and O–H groups in total. The molecule has 1 aromatic carbocycles. The van der Waals surface area contributed by atoms with E-state index in [1.165, 1.54) is 14.0 Å². The van der Waals surface area contributed by atoms with Crippen LogP contribution in [0.4, 0.5) is 0 Å². The van der Waals surface area contributed by atoms with E-state index < -0.39 is 5.97 Å². The Bertz CT molecular complexity index is 387. The molecule has 0 spiro atoms. The van der Waals surface area contributed by atoms with E-state index in [2.05, 4.69) is 0 Å². The number of methoxy groups -OCH3 is 1. The van der Waals surface area contributed by atoms with Gasteiger partial charge in [0.25, 0.3) is 0 Å². The number of phenols is 1. The summed E-state index contributed by atoms with van der Waals surface area (Å²) in [6, 6.07) is 1.16. The minimum atomic E-state index is -1.23. The van der Waals surface area contributed by atoms with Gasteiger partial charge in [-0.05, 0) is 13.0 Å². The summed E-state index contributed by atoms with van der Waals surface area (Å²) in [6.07, 6.45) is 0. The van der Waals surface area contributed by atoms with Crippen molar-refractivity contribution in [2.75, 3.05) is 7.11 Å². The average Bonchev–Trinajstić information content (AvgIpc) is 2.12. The van der Waals surface area contributed by atoms with Gasteiger partial charge in [-0.2, -0.15) is 0 Å². The van der Waals surface area contributed by atoms with Crippen LogP contribution in [0.5, 0.6) is 11.5 Å². The van der Waals surface area contributed by atoms with Gasteiger partial charge in [-0.3, -0.25) is 0 Å². The molecule has 14 heavy (non-hydrogen) atoms. The van der Waals surface area contributed by atoms with Gasteiger partial charge in [-0.15, -0.1) is 0 Å². The van der Waals surface area contributed by atoms with E-state index in [4.69, 9.17) is 21.4 Å². The first-order valence-electron chi connectivity index (χ1n) is 3.78. The van der Waals surface area contributed by atoms with Crippen molar-refractivity contribution in [1.82, 2.24) is 0 Å². The molecule has 5 heteroatoms. The summed E-state index contributed by atoms with van der Waals surface area (Å²) in [7, 11) is 1.40. The fourth-order valence-electron chi connectivity index (χ4n) is 1.16. The number of halogens is 1. The number of ether oxygens (including phenoxy) is 1. The molecule has 0 aliphatic heterocycles. The minimum Gasteiger partial charge on any atom is -0.507 e. The molecule has 0 saturated heterocycles. The smallest absolute Gasteiger partial charge is 0.339 e. The van der Waals surface area contributed by atoms with Crippen molar-refractivity contribution in [3.05, 3.63) is 22.2 Å². The van der Waals surface area contributed by atoms with Crippen LogP contribution in [-0.2, 0) is 0 Å². The predicted octanol–water partition coefficient (Wildman–Crippen LogP) is 2.06. The number of aromatic carboxylic acids is 1. The van der Waals surface area contributed by atoms with Gasteiger partial charge in [0.2, 0.25) is 0 Å². The number of carbonyl (C=O) groups is 1. The molecule has 4 nitrogen and oxygen atoms in total. The molecule has 0 bridgehead atoms. The monoisotopic (exact) mass is 216 g/mol. The molecule has 0 aliphatic carbocycles. The molecule has 0 radical (unpaired) electrons. The van der Waals surface area contributed by atoms with Crippen molar-refractivity contribution in [3.63, 3.8) is 0 Å². The zero-order chi connectivity index (χ0) is 10.9. The minimum absolute atomic E-state index is 0.167. The Hall–Kier alpha value is -1.42. The van der Waals surface area contributed by atoms with E-state index in [9.17, 15) is 9.90 Å². The number of carboxylic acids is 1. The second kappa shape index (κ2) is 3.75. The number of hydrogen-bond donors (Lipinski definition) is 2. The lowest BCUT2D eigenvalue weighted by molar-refractivity contribution is 0.0693. The maximum atomic E-state index is 10.7. The lowest BCUT2D eigenvalue weighted by atomic mass is 10.1. The van der Waals surface area contributed by atoms with Crippen molar-refractivity contribution in [2.45, 2.75) is 6.92 Å². The Kier molecular flexibility index (Phi) is 2.86. The third-order valence-electron chi connectivity index (χ3n) is 1.87. The zero-order valence-electron chi connectivity index (χ0n) is 7.67. The van der Waals surface area contributed by atoms with E-state index in [1.54, 1.807) is 0 Å². The molecule has 0 fully saturated rings. The van der Waals surface area contributed by atoms with Crippen LogP contribution in [0.25, 0.3) is 0 Å². The Morgan fingerprint density at radius 1 is 1.57 bits per heavy atom. The van der Waals surface area contributed by atoms with Gasteiger partial charge in [0, 0.05) is 5.56 Å². The Morgan fingerprint density at radius 3 is 2.57 bits per heavy atom. The van der Waals surface area contributed by atoms with Crippen LogP contribution in [-0.4, -0.2) is 23.3 Å². The van der Waals surface area contributed by atoms with E-state index >= 15 is 0 Å². The van der Waals surface area contributed by atoms with Gasteiger partial charge in [-0.1, -0.05) is 11.6 Å². The summed E-state index contributed by atoms with van der Waals surface area (Å²) in [4.78, 5) is 10.7. The second-order valence-corrected chi connectivity index (χ2v) is 3.13. The normalized spacial score (nSPS) is 9.93. The van der Waals surface area contributed by atoms with Gasteiger partial charge in [0.15, 0.2) is 0 Å². The van der Waals surface area contributed by atoms with Crippen molar-refractivity contribution >= 4 is 17.6 Å². The van der Waals surface area contributed by atoms with Gasteiger partial charge in [0.1, 0.15) is 17.1 Å². The van der Waals surface area contributed by atoms with E-state index in [0.717, 1.165) is 6.07 Å². The van der Waals surface area contributed by atoms with Crippen LogP contribution < -0.4 is 4.74 Å². The molecule has 0 amide bonds. The van der Waals surface area contributed by atoms with Crippen molar-refractivity contribution in [1.29, 1.82) is 0 Å². The van der Waals surface area contributed by atoms with E-state index in [0.29, 0.717) is 5.56 Å². The summed E-state index contributed by atoms with van der Waals surface area (Å²) in [5, 5.41) is 18.4. The van der Waals surface area contributed by atoms with Crippen LogP contribution in [0, 0.1) is 6.92 Å². The van der Waals surface area contributed by atoms with Crippen molar-refractivity contribution in [3.8, 4) is 11.5 Å². The first-order chi connectivity index (χ1) is 6.49. The van der Waals surface area contributed by atoms with Crippen molar-refractivity contribution < 1.29 is 19.7 Å². The number of rotatable bonds is 2. The lowest BCUT2D eigenvalue weighted by Gasteiger charge is -2.10. The van der Waals surface area contributed by atoms with Crippen molar-refractivity contribution in [2.24, 2.45) is 0 Å².